The SMILES string of the molecule is C=CC(=O)OCCNC(=O)OCCOc1cc2c(cc1CC)C1(CC(=O)O2)CC(=O)Oc2cc(OCCOC(=O)NCCOC(=O)C=C)c(CC)cc21. The number of nitrogens with one attached hydrogen (secondary N) is 2. The fraction of sp³-hybridized carbons (Fsp3) is 0.405. The highest BCUT2D eigenvalue weighted by molar-refractivity contribution is 5.87. The van der Waals surface area contributed by atoms with Gasteiger partial charge in [0.1, 0.15) is 62.6 Å². The lowest BCUT2D eigenvalue weighted by molar-refractivity contribution is -0.141. The van der Waals surface area contributed by atoms with Crippen LogP contribution in [-0.4, -0.2) is 88.8 Å². The first-order valence-electron chi connectivity index (χ1n) is 16.9. The Morgan fingerprint density at radius 1 is 0.660 bits per heavy atom. The Bertz CT molecular complexity index is 1610. The molecule has 16 heteroatoms. The maximum Gasteiger partial charge on any atom is 0.407 e. The Labute approximate surface area is 305 Å². The minimum absolute atomic E-state index is 0.00944. The number of ether oxygens (including phenoxy) is 8. The van der Waals surface area contributed by atoms with E-state index in [9.17, 15) is 28.8 Å². The Morgan fingerprint density at radius 2 is 1.08 bits per heavy atom. The van der Waals surface area contributed by atoms with Crippen LogP contribution >= 0.6 is 0 Å². The van der Waals surface area contributed by atoms with E-state index in [0.717, 1.165) is 23.3 Å². The van der Waals surface area contributed by atoms with Gasteiger partial charge in [0.25, 0.3) is 0 Å². The molecule has 0 aromatic heterocycles. The van der Waals surface area contributed by atoms with E-state index >= 15 is 0 Å². The topological polar surface area (TPSA) is 200 Å². The van der Waals surface area contributed by atoms with E-state index in [0.29, 0.717) is 35.5 Å². The highest BCUT2D eigenvalue weighted by Crippen LogP contribution is 2.54. The predicted octanol–water partition coefficient (Wildman–Crippen LogP) is 3.38. The van der Waals surface area contributed by atoms with Crippen LogP contribution in [0.3, 0.4) is 0 Å². The van der Waals surface area contributed by atoms with Crippen molar-refractivity contribution in [2.24, 2.45) is 0 Å². The van der Waals surface area contributed by atoms with Gasteiger partial charge in [0.15, 0.2) is 0 Å². The lowest BCUT2D eigenvalue weighted by Crippen LogP contribution is -2.43. The molecular formula is C37H42N2O14. The number of aryl methyl sites for hydroxylation is 2. The summed E-state index contributed by atoms with van der Waals surface area (Å²) in [6, 6.07) is 6.92. The largest absolute Gasteiger partial charge is 0.490 e. The van der Waals surface area contributed by atoms with Gasteiger partial charge in [-0.2, -0.15) is 0 Å². The zero-order chi connectivity index (χ0) is 38.4. The summed E-state index contributed by atoms with van der Waals surface area (Å²) in [5.74, 6) is -0.997. The minimum atomic E-state index is -1.09. The van der Waals surface area contributed by atoms with E-state index in [4.69, 9.17) is 37.9 Å². The van der Waals surface area contributed by atoms with Gasteiger partial charge < -0.3 is 48.5 Å². The summed E-state index contributed by atoms with van der Waals surface area (Å²) in [5.41, 5.74) is 1.70. The standard InChI is InChI=1S/C37H42N2O14/c1-5-23-17-25-29(19-27(23)46-13-15-50-35(44)38-9-11-48-31(40)7-3)52-33(42)21-37(25)22-34(43)53-30-20-28(24(6-2)18-26(30)37)47-14-16-51-36(45)39-10-12-49-32(41)8-4/h7-8,17-20H,3-6,9-16,21-22H2,1-2H3,(H,38,44)(H,39,45). The molecule has 2 heterocycles. The molecule has 16 nitrogen and oxygen atoms in total. The van der Waals surface area contributed by atoms with E-state index in [1.54, 1.807) is 12.1 Å². The van der Waals surface area contributed by atoms with Gasteiger partial charge in [-0.25, -0.2) is 19.2 Å². The first-order chi connectivity index (χ1) is 25.5. The molecule has 0 saturated heterocycles. The van der Waals surface area contributed by atoms with Crippen molar-refractivity contribution in [3.63, 3.8) is 0 Å². The number of rotatable bonds is 18. The second-order valence-corrected chi connectivity index (χ2v) is 11.6. The molecule has 2 aromatic rings. The van der Waals surface area contributed by atoms with Gasteiger partial charge in [-0.05, 0) is 36.1 Å². The molecule has 2 amide bonds. The molecule has 0 unspecified atom stereocenters. The van der Waals surface area contributed by atoms with Gasteiger partial charge in [-0.1, -0.05) is 27.0 Å². The van der Waals surface area contributed by atoms with Gasteiger partial charge in [-0.15, -0.1) is 0 Å². The number of carbonyl (C=O) groups excluding carboxylic acids is 6. The lowest BCUT2D eigenvalue weighted by atomic mass is 9.66. The third-order valence-electron chi connectivity index (χ3n) is 8.17. The molecule has 2 aliphatic rings. The fourth-order valence-electron chi connectivity index (χ4n) is 5.75. The van der Waals surface area contributed by atoms with E-state index in [1.807, 2.05) is 26.0 Å². The number of alkyl carbamates (subject to hydrolysis) is 2. The van der Waals surface area contributed by atoms with Gasteiger partial charge in [0.05, 0.1) is 25.9 Å². The van der Waals surface area contributed by atoms with Crippen LogP contribution in [0.2, 0.25) is 0 Å². The van der Waals surface area contributed by atoms with Crippen molar-refractivity contribution in [2.45, 2.75) is 44.9 Å². The van der Waals surface area contributed by atoms with Gasteiger partial charge in [0.2, 0.25) is 0 Å². The molecule has 2 aliphatic heterocycles. The predicted molar refractivity (Wildman–Crippen MR) is 185 cm³/mol. The molecule has 0 atom stereocenters. The molecule has 0 saturated carbocycles. The van der Waals surface area contributed by atoms with Crippen molar-refractivity contribution >= 4 is 36.1 Å². The van der Waals surface area contributed by atoms with Crippen LogP contribution in [0.25, 0.3) is 0 Å². The summed E-state index contributed by atoms with van der Waals surface area (Å²) < 4.78 is 43.0. The second kappa shape index (κ2) is 19.0. The van der Waals surface area contributed by atoms with Crippen LogP contribution in [0.1, 0.15) is 48.9 Å². The van der Waals surface area contributed by atoms with Crippen molar-refractivity contribution in [2.75, 3.05) is 52.7 Å². The smallest absolute Gasteiger partial charge is 0.407 e. The van der Waals surface area contributed by atoms with Crippen LogP contribution in [-0.2, 0) is 56.4 Å². The first kappa shape index (κ1) is 39.7. The van der Waals surface area contributed by atoms with E-state index in [1.165, 1.54) is 0 Å². The van der Waals surface area contributed by atoms with Crippen molar-refractivity contribution in [1.82, 2.24) is 10.6 Å². The molecule has 0 aliphatic carbocycles. The molecule has 53 heavy (non-hydrogen) atoms. The molecule has 0 fully saturated rings. The molecule has 2 aromatic carbocycles. The third kappa shape index (κ3) is 10.5. The van der Waals surface area contributed by atoms with Crippen LogP contribution in [0, 0.1) is 0 Å². The molecule has 0 radical (unpaired) electrons. The molecule has 4 rings (SSSR count). The quantitative estimate of drug-likeness (QED) is 0.0741. The maximum absolute atomic E-state index is 13.1. The highest BCUT2D eigenvalue weighted by atomic mass is 16.6. The number of hydrogen-bond acceptors (Lipinski definition) is 14. The van der Waals surface area contributed by atoms with E-state index < -0.39 is 41.5 Å². The summed E-state index contributed by atoms with van der Waals surface area (Å²) in [4.78, 5) is 72.4. The number of fused-ring (bicyclic) bond motifs is 4. The van der Waals surface area contributed by atoms with Crippen LogP contribution in [0.4, 0.5) is 9.59 Å². The summed E-state index contributed by atoms with van der Waals surface area (Å²) in [5, 5.41) is 4.90. The molecule has 2 N–H and O–H groups in total. The molecular weight excluding hydrogens is 696 g/mol. The lowest BCUT2D eigenvalue weighted by Gasteiger charge is -2.41. The van der Waals surface area contributed by atoms with Crippen molar-refractivity contribution in [3.8, 4) is 23.0 Å². The van der Waals surface area contributed by atoms with Gasteiger partial charge >= 0.3 is 36.1 Å². The Balaban J connectivity index is 1.45. The van der Waals surface area contributed by atoms with Crippen LogP contribution in [0.5, 0.6) is 23.0 Å². The van der Waals surface area contributed by atoms with Crippen LogP contribution in [0.15, 0.2) is 49.6 Å². The fourth-order valence-corrected chi connectivity index (χ4v) is 5.75. The van der Waals surface area contributed by atoms with Crippen LogP contribution < -0.4 is 29.6 Å². The number of esters is 4. The summed E-state index contributed by atoms with van der Waals surface area (Å²) in [6.45, 7) is 10.2. The summed E-state index contributed by atoms with van der Waals surface area (Å²) in [7, 11) is 0. The summed E-state index contributed by atoms with van der Waals surface area (Å²) >= 11 is 0. The Hall–Kier alpha value is -6.06. The van der Waals surface area contributed by atoms with E-state index in [-0.39, 0.29) is 77.1 Å². The third-order valence-corrected chi connectivity index (χ3v) is 8.17. The molecule has 284 valence electrons. The maximum atomic E-state index is 13.1. The number of carbonyl (C=O) groups is 6. The van der Waals surface area contributed by atoms with Crippen molar-refractivity contribution < 1.29 is 66.7 Å². The monoisotopic (exact) mass is 738 g/mol. The second-order valence-electron chi connectivity index (χ2n) is 11.6. The molecule has 1 spiro atoms. The minimum Gasteiger partial charge on any atom is -0.490 e. The van der Waals surface area contributed by atoms with E-state index in [2.05, 4.69) is 23.8 Å². The zero-order valence-electron chi connectivity index (χ0n) is 29.6. The molecule has 0 bridgehead atoms. The highest BCUT2D eigenvalue weighted by Gasteiger charge is 2.50. The Morgan fingerprint density at radius 3 is 1.45 bits per heavy atom. The average Bonchev–Trinajstić information content (AvgIpc) is 3.14. The summed E-state index contributed by atoms with van der Waals surface area (Å²) in [6.07, 6.45) is 1.43. The van der Waals surface area contributed by atoms with Gasteiger partial charge in [0, 0.05) is 40.8 Å². The van der Waals surface area contributed by atoms with Gasteiger partial charge in [-0.3, -0.25) is 9.59 Å². The van der Waals surface area contributed by atoms with Crippen molar-refractivity contribution in [3.05, 3.63) is 71.8 Å². The Kier molecular flexibility index (Phi) is 14.2. The van der Waals surface area contributed by atoms with Crippen molar-refractivity contribution in [1.29, 1.82) is 0 Å². The first-order valence-corrected chi connectivity index (χ1v) is 16.9. The normalized spacial score (nSPS) is 13.5. The number of benzene rings is 2. The zero-order valence-corrected chi connectivity index (χ0v) is 29.6. The average molecular weight is 739 g/mol. The number of hydrogen-bond donors (Lipinski definition) is 2. The number of amides is 2.